The van der Waals surface area contributed by atoms with Crippen LogP contribution in [0.15, 0.2) is 4.42 Å². The molecule has 0 spiro atoms. The third kappa shape index (κ3) is 2.07. The third-order valence-corrected chi connectivity index (χ3v) is 3.19. The number of furan rings is 1. The van der Waals surface area contributed by atoms with Crippen LogP contribution in [-0.2, 0) is 11.2 Å². The Morgan fingerprint density at radius 3 is 2.67 bits per heavy atom. The van der Waals surface area contributed by atoms with Crippen molar-refractivity contribution in [2.24, 2.45) is 5.41 Å². The van der Waals surface area contributed by atoms with Crippen LogP contribution < -0.4 is 0 Å². The average Bonchev–Trinajstić information content (AvgIpc) is 2.52. The SMILES string of the molecule is CCOC(=O)c1c(C)oc2c1C(=O)CC(C)(C)C2. The lowest BCUT2D eigenvalue weighted by atomic mass is 9.76. The van der Waals surface area contributed by atoms with E-state index in [9.17, 15) is 9.59 Å². The van der Waals surface area contributed by atoms with Crippen LogP contribution in [0.5, 0.6) is 0 Å². The van der Waals surface area contributed by atoms with E-state index in [0.717, 1.165) is 0 Å². The normalized spacial score (nSPS) is 17.4. The molecule has 0 amide bonds. The lowest BCUT2D eigenvalue weighted by Crippen LogP contribution is -2.27. The van der Waals surface area contributed by atoms with Crippen molar-refractivity contribution in [1.29, 1.82) is 0 Å². The molecular weight excluding hydrogens is 232 g/mol. The van der Waals surface area contributed by atoms with Crippen molar-refractivity contribution < 1.29 is 18.7 Å². The average molecular weight is 250 g/mol. The molecule has 0 aliphatic heterocycles. The number of Topliss-reactive ketones (excluding diaryl/α,β-unsaturated/α-hetero) is 1. The Hall–Kier alpha value is -1.58. The molecule has 0 saturated heterocycles. The highest BCUT2D eigenvalue weighted by molar-refractivity contribution is 6.08. The van der Waals surface area contributed by atoms with E-state index in [1.54, 1.807) is 13.8 Å². The first-order chi connectivity index (χ1) is 8.35. The fourth-order valence-corrected chi connectivity index (χ4v) is 2.49. The summed E-state index contributed by atoms with van der Waals surface area (Å²) in [5.41, 5.74) is 0.637. The van der Waals surface area contributed by atoms with Crippen LogP contribution in [0.1, 0.15) is 59.4 Å². The molecule has 0 atom stereocenters. The minimum absolute atomic E-state index is 0.0267. The van der Waals surface area contributed by atoms with Gasteiger partial charge in [-0.3, -0.25) is 4.79 Å². The van der Waals surface area contributed by atoms with Crippen LogP contribution in [0.2, 0.25) is 0 Å². The van der Waals surface area contributed by atoms with Gasteiger partial charge >= 0.3 is 5.97 Å². The highest BCUT2D eigenvalue weighted by Gasteiger charge is 2.38. The molecule has 98 valence electrons. The van der Waals surface area contributed by atoms with Crippen molar-refractivity contribution >= 4 is 11.8 Å². The van der Waals surface area contributed by atoms with Gasteiger partial charge in [0.2, 0.25) is 0 Å². The summed E-state index contributed by atoms with van der Waals surface area (Å²) in [6.45, 7) is 7.78. The van der Waals surface area contributed by atoms with E-state index in [0.29, 0.717) is 35.5 Å². The number of carbonyl (C=O) groups excluding carboxylic acids is 2. The molecule has 0 bridgehead atoms. The van der Waals surface area contributed by atoms with Crippen molar-refractivity contribution in [3.63, 3.8) is 0 Å². The first kappa shape index (κ1) is 12.9. The van der Waals surface area contributed by atoms with E-state index in [1.807, 2.05) is 13.8 Å². The molecule has 0 fully saturated rings. The first-order valence-corrected chi connectivity index (χ1v) is 6.18. The standard InChI is InChI=1S/C14H18O4/c1-5-17-13(16)11-8(2)18-10-7-14(3,4)6-9(15)12(10)11/h5-7H2,1-4H3. The Balaban J connectivity index is 2.50. The molecule has 4 nitrogen and oxygen atoms in total. The molecule has 1 aromatic rings. The van der Waals surface area contributed by atoms with Gasteiger partial charge in [0, 0.05) is 12.8 Å². The van der Waals surface area contributed by atoms with Crippen LogP contribution in [0.25, 0.3) is 0 Å². The fraction of sp³-hybridized carbons (Fsp3) is 0.571. The van der Waals surface area contributed by atoms with Gasteiger partial charge in [-0.05, 0) is 19.3 Å². The number of aryl methyl sites for hydroxylation is 1. The second kappa shape index (κ2) is 4.26. The van der Waals surface area contributed by atoms with Crippen molar-refractivity contribution in [2.75, 3.05) is 6.61 Å². The molecule has 4 heteroatoms. The number of rotatable bonds is 2. The summed E-state index contributed by atoms with van der Waals surface area (Å²) in [5.74, 6) is 0.607. The molecule has 1 aliphatic carbocycles. The summed E-state index contributed by atoms with van der Waals surface area (Å²) < 4.78 is 10.6. The predicted molar refractivity (Wildman–Crippen MR) is 65.8 cm³/mol. The van der Waals surface area contributed by atoms with E-state index in [2.05, 4.69) is 0 Å². The zero-order valence-electron chi connectivity index (χ0n) is 11.3. The largest absolute Gasteiger partial charge is 0.465 e. The number of fused-ring (bicyclic) bond motifs is 1. The highest BCUT2D eigenvalue weighted by atomic mass is 16.5. The van der Waals surface area contributed by atoms with Crippen LogP contribution in [0.3, 0.4) is 0 Å². The fourth-order valence-electron chi connectivity index (χ4n) is 2.49. The predicted octanol–water partition coefficient (Wildman–Crippen LogP) is 2.92. The second-order valence-corrected chi connectivity index (χ2v) is 5.49. The van der Waals surface area contributed by atoms with Gasteiger partial charge in [-0.1, -0.05) is 13.8 Å². The summed E-state index contributed by atoms with van der Waals surface area (Å²) in [4.78, 5) is 24.0. The highest BCUT2D eigenvalue weighted by Crippen LogP contribution is 2.38. The van der Waals surface area contributed by atoms with Crippen molar-refractivity contribution in [2.45, 2.75) is 40.5 Å². The van der Waals surface area contributed by atoms with Gasteiger partial charge in [-0.25, -0.2) is 4.79 Å². The summed E-state index contributed by atoms with van der Waals surface area (Å²) in [7, 11) is 0. The third-order valence-electron chi connectivity index (χ3n) is 3.19. The Labute approximate surface area is 106 Å². The van der Waals surface area contributed by atoms with E-state index in [4.69, 9.17) is 9.15 Å². The summed E-state index contributed by atoms with van der Waals surface area (Å²) in [6.07, 6.45) is 1.11. The lowest BCUT2D eigenvalue weighted by Gasteiger charge is -2.27. The van der Waals surface area contributed by atoms with Gasteiger partial charge in [-0.15, -0.1) is 0 Å². The topological polar surface area (TPSA) is 56.5 Å². The van der Waals surface area contributed by atoms with Gasteiger partial charge in [0.15, 0.2) is 5.78 Å². The van der Waals surface area contributed by atoms with E-state index >= 15 is 0 Å². The molecule has 1 heterocycles. The molecule has 1 aromatic heterocycles. The molecule has 0 N–H and O–H groups in total. The molecule has 18 heavy (non-hydrogen) atoms. The van der Waals surface area contributed by atoms with Crippen LogP contribution in [0, 0.1) is 12.3 Å². The number of ketones is 1. The number of esters is 1. The van der Waals surface area contributed by atoms with Gasteiger partial charge in [0.05, 0.1) is 12.2 Å². The quantitative estimate of drug-likeness (QED) is 0.757. The van der Waals surface area contributed by atoms with Gasteiger partial charge in [0.25, 0.3) is 0 Å². The molecule has 0 saturated carbocycles. The minimum atomic E-state index is -0.465. The Bertz CT molecular complexity index is 508. The maximum Gasteiger partial charge on any atom is 0.342 e. The Morgan fingerprint density at radius 1 is 1.39 bits per heavy atom. The zero-order valence-corrected chi connectivity index (χ0v) is 11.3. The molecule has 0 unspecified atom stereocenters. The van der Waals surface area contributed by atoms with Crippen molar-refractivity contribution in [3.8, 4) is 0 Å². The summed E-state index contributed by atoms with van der Waals surface area (Å²) in [5, 5.41) is 0. The molecular formula is C14H18O4. The van der Waals surface area contributed by atoms with Gasteiger partial charge in [0.1, 0.15) is 17.1 Å². The van der Waals surface area contributed by atoms with Crippen LogP contribution >= 0.6 is 0 Å². The minimum Gasteiger partial charge on any atom is -0.465 e. The Kier molecular flexibility index (Phi) is 3.05. The zero-order chi connectivity index (χ0) is 13.5. The Morgan fingerprint density at radius 2 is 2.06 bits per heavy atom. The summed E-state index contributed by atoms with van der Waals surface area (Å²) >= 11 is 0. The molecule has 1 aliphatic rings. The van der Waals surface area contributed by atoms with Gasteiger partial charge in [-0.2, -0.15) is 0 Å². The summed E-state index contributed by atoms with van der Waals surface area (Å²) in [6, 6.07) is 0. The maximum absolute atomic E-state index is 12.2. The molecule has 0 radical (unpaired) electrons. The maximum atomic E-state index is 12.2. The first-order valence-electron chi connectivity index (χ1n) is 6.18. The number of hydrogen-bond acceptors (Lipinski definition) is 4. The number of carbonyl (C=O) groups is 2. The van der Waals surface area contributed by atoms with Crippen LogP contribution in [-0.4, -0.2) is 18.4 Å². The second-order valence-electron chi connectivity index (χ2n) is 5.49. The van der Waals surface area contributed by atoms with Gasteiger partial charge < -0.3 is 9.15 Å². The molecule has 2 rings (SSSR count). The van der Waals surface area contributed by atoms with E-state index in [1.165, 1.54) is 0 Å². The van der Waals surface area contributed by atoms with Crippen LogP contribution in [0.4, 0.5) is 0 Å². The smallest absolute Gasteiger partial charge is 0.342 e. The van der Waals surface area contributed by atoms with E-state index < -0.39 is 5.97 Å². The van der Waals surface area contributed by atoms with Crippen molar-refractivity contribution in [1.82, 2.24) is 0 Å². The van der Waals surface area contributed by atoms with E-state index in [-0.39, 0.29) is 17.8 Å². The lowest BCUT2D eigenvalue weighted by molar-refractivity contribution is 0.0520. The molecule has 0 aromatic carbocycles. The van der Waals surface area contributed by atoms with Crippen molar-refractivity contribution in [3.05, 3.63) is 22.6 Å². The monoisotopic (exact) mass is 250 g/mol. The number of ether oxygens (including phenoxy) is 1. The number of hydrogen-bond donors (Lipinski definition) is 0.